The van der Waals surface area contributed by atoms with Crippen molar-refractivity contribution in [1.29, 1.82) is 0 Å². The van der Waals surface area contributed by atoms with Gasteiger partial charge < -0.3 is 15.2 Å². The molecule has 0 aliphatic heterocycles. The number of hydrogen-bond donors (Lipinski definition) is 2. The molecule has 0 radical (unpaired) electrons. The number of aromatic carboxylic acids is 1. The Balaban J connectivity index is 3.51. The minimum Gasteiger partial charge on any atom is -0.478 e. The van der Waals surface area contributed by atoms with E-state index in [4.69, 9.17) is 9.84 Å². The Kier molecular flexibility index (Phi) is 6.07. The van der Waals surface area contributed by atoms with E-state index in [-0.39, 0.29) is 10.9 Å². The van der Waals surface area contributed by atoms with Crippen LogP contribution in [0.3, 0.4) is 0 Å². The number of ether oxygens (including phenoxy) is 1. The SMILES string of the molecule is CC(=O)Oc1cc(NC(=O)C(F)(F)F)c(C(=O)O)cc1C(=O)CBr. The van der Waals surface area contributed by atoms with Crippen LogP contribution >= 0.6 is 15.9 Å². The number of nitrogens with one attached hydrogen (secondary N) is 1. The maximum absolute atomic E-state index is 12.3. The minimum atomic E-state index is -5.26. The molecule has 0 heterocycles. The average molecular weight is 412 g/mol. The Hall–Kier alpha value is -2.43. The van der Waals surface area contributed by atoms with E-state index >= 15 is 0 Å². The van der Waals surface area contributed by atoms with Crippen molar-refractivity contribution in [3.63, 3.8) is 0 Å². The van der Waals surface area contributed by atoms with Crippen LogP contribution in [0.1, 0.15) is 27.6 Å². The largest absolute Gasteiger partial charge is 0.478 e. The smallest absolute Gasteiger partial charge is 0.471 e. The molecule has 0 unspecified atom stereocenters. The molecular weight excluding hydrogens is 403 g/mol. The summed E-state index contributed by atoms with van der Waals surface area (Å²) in [7, 11) is 0. The zero-order valence-corrected chi connectivity index (χ0v) is 13.4. The minimum absolute atomic E-state index is 0.255. The summed E-state index contributed by atoms with van der Waals surface area (Å²) in [5, 5.41) is 10.2. The van der Waals surface area contributed by atoms with E-state index in [2.05, 4.69) is 15.9 Å². The topological polar surface area (TPSA) is 110 Å². The van der Waals surface area contributed by atoms with Crippen LogP contribution in [0.4, 0.5) is 18.9 Å². The van der Waals surface area contributed by atoms with Crippen LogP contribution < -0.4 is 10.1 Å². The summed E-state index contributed by atoms with van der Waals surface area (Å²) < 4.78 is 41.7. The van der Waals surface area contributed by atoms with Crippen LogP contribution in [0.15, 0.2) is 12.1 Å². The molecule has 130 valence electrons. The van der Waals surface area contributed by atoms with Crippen LogP contribution in [0, 0.1) is 0 Å². The van der Waals surface area contributed by atoms with Crippen molar-refractivity contribution >= 4 is 45.2 Å². The van der Waals surface area contributed by atoms with Crippen molar-refractivity contribution in [2.24, 2.45) is 0 Å². The standard InChI is InChI=1S/C13H9BrF3NO6/c1-5(19)24-10-3-8(18-12(23)13(15,16)17)6(11(21)22)2-7(10)9(20)4-14/h2-3H,4H2,1H3,(H,18,23)(H,21,22). The third-order valence-electron chi connectivity index (χ3n) is 2.53. The number of ketones is 1. The fourth-order valence-electron chi connectivity index (χ4n) is 1.58. The molecule has 0 bridgehead atoms. The molecule has 1 rings (SSSR count). The number of halogens is 4. The van der Waals surface area contributed by atoms with Crippen molar-refractivity contribution in [2.45, 2.75) is 13.1 Å². The number of carboxylic acid groups (broad SMARTS) is 1. The Morgan fingerprint density at radius 3 is 2.21 bits per heavy atom. The molecule has 7 nitrogen and oxygen atoms in total. The first-order chi connectivity index (χ1) is 11.0. The van der Waals surface area contributed by atoms with Gasteiger partial charge in [-0.25, -0.2) is 4.79 Å². The van der Waals surface area contributed by atoms with E-state index in [1.807, 2.05) is 0 Å². The number of esters is 1. The summed E-state index contributed by atoms with van der Waals surface area (Å²) in [5.74, 6) is -6.16. The zero-order valence-electron chi connectivity index (χ0n) is 11.9. The molecule has 1 amide bonds. The normalized spacial score (nSPS) is 10.9. The second kappa shape index (κ2) is 7.43. The highest BCUT2D eigenvalue weighted by Gasteiger charge is 2.39. The lowest BCUT2D eigenvalue weighted by atomic mass is 10.0. The maximum Gasteiger partial charge on any atom is 0.471 e. The Labute approximate surface area is 140 Å². The summed E-state index contributed by atoms with van der Waals surface area (Å²) in [5.41, 5.74) is -1.88. The van der Waals surface area contributed by atoms with Crippen molar-refractivity contribution in [1.82, 2.24) is 0 Å². The summed E-state index contributed by atoms with van der Waals surface area (Å²) in [6, 6.07) is 1.39. The van der Waals surface area contributed by atoms with E-state index in [1.54, 1.807) is 0 Å². The predicted octanol–water partition coefficient (Wildman–Crippen LogP) is 2.39. The average Bonchev–Trinajstić information content (AvgIpc) is 2.44. The lowest BCUT2D eigenvalue weighted by Crippen LogP contribution is -2.30. The van der Waals surface area contributed by atoms with Crippen molar-refractivity contribution in [2.75, 3.05) is 10.6 Å². The number of rotatable bonds is 5. The van der Waals surface area contributed by atoms with Gasteiger partial charge in [0.15, 0.2) is 5.78 Å². The fraction of sp³-hybridized carbons (Fsp3) is 0.231. The van der Waals surface area contributed by atoms with Gasteiger partial charge in [-0.05, 0) is 6.07 Å². The summed E-state index contributed by atoms with van der Waals surface area (Å²) >= 11 is 2.84. The predicted molar refractivity (Wildman–Crippen MR) is 77.5 cm³/mol. The molecule has 11 heteroatoms. The number of carboxylic acids is 1. The number of alkyl halides is 4. The van der Waals surface area contributed by atoms with Gasteiger partial charge >= 0.3 is 24.0 Å². The number of amides is 1. The second-order valence-corrected chi connectivity index (χ2v) is 4.86. The second-order valence-electron chi connectivity index (χ2n) is 4.30. The Morgan fingerprint density at radius 2 is 1.79 bits per heavy atom. The van der Waals surface area contributed by atoms with Gasteiger partial charge in [0, 0.05) is 13.0 Å². The molecule has 0 aromatic heterocycles. The fourth-order valence-corrected chi connectivity index (χ4v) is 1.88. The quantitative estimate of drug-likeness (QED) is 0.333. The molecule has 2 N–H and O–H groups in total. The molecule has 0 fully saturated rings. The molecule has 1 aromatic rings. The van der Waals surface area contributed by atoms with Gasteiger partial charge in [-0.1, -0.05) is 15.9 Å². The van der Waals surface area contributed by atoms with Gasteiger partial charge in [0.25, 0.3) is 0 Å². The molecule has 0 aliphatic rings. The van der Waals surface area contributed by atoms with Crippen molar-refractivity contribution in [3.8, 4) is 5.75 Å². The molecule has 0 atom stereocenters. The number of carbonyl (C=O) groups is 4. The van der Waals surface area contributed by atoms with Gasteiger partial charge in [-0.3, -0.25) is 14.4 Å². The van der Waals surface area contributed by atoms with Gasteiger partial charge in [0.2, 0.25) is 0 Å². The third-order valence-corrected chi connectivity index (χ3v) is 3.04. The van der Waals surface area contributed by atoms with E-state index < -0.39 is 46.8 Å². The van der Waals surface area contributed by atoms with E-state index in [0.29, 0.717) is 6.07 Å². The van der Waals surface area contributed by atoms with E-state index in [1.165, 1.54) is 5.32 Å². The number of benzene rings is 1. The highest BCUT2D eigenvalue weighted by Crippen LogP contribution is 2.30. The number of anilines is 1. The van der Waals surface area contributed by atoms with Crippen LogP contribution in [0.2, 0.25) is 0 Å². The summed E-state index contributed by atoms with van der Waals surface area (Å²) in [6.07, 6.45) is -5.26. The van der Waals surface area contributed by atoms with Crippen LogP contribution in [-0.2, 0) is 9.59 Å². The molecule has 1 aromatic carbocycles. The Bertz CT molecular complexity index is 716. The third kappa shape index (κ3) is 4.78. The lowest BCUT2D eigenvalue weighted by Gasteiger charge is -2.14. The zero-order chi connectivity index (χ0) is 18.7. The first-order valence-corrected chi connectivity index (χ1v) is 7.16. The Morgan fingerprint density at radius 1 is 1.21 bits per heavy atom. The first-order valence-electron chi connectivity index (χ1n) is 6.04. The molecule has 0 saturated carbocycles. The van der Waals surface area contributed by atoms with Gasteiger partial charge in [-0.2, -0.15) is 13.2 Å². The molecule has 0 spiro atoms. The molecule has 0 saturated heterocycles. The summed E-state index contributed by atoms with van der Waals surface area (Å²) in [4.78, 5) is 45.0. The maximum atomic E-state index is 12.3. The van der Waals surface area contributed by atoms with Crippen molar-refractivity contribution in [3.05, 3.63) is 23.3 Å². The van der Waals surface area contributed by atoms with Crippen LogP contribution in [-0.4, -0.2) is 40.2 Å². The van der Waals surface area contributed by atoms with Crippen LogP contribution in [0.5, 0.6) is 5.75 Å². The molecular formula is C13H9BrF3NO6. The monoisotopic (exact) mass is 411 g/mol. The molecule has 0 aliphatic carbocycles. The number of carbonyl (C=O) groups excluding carboxylic acids is 3. The van der Waals surface area contributed by atoms with E-state index in [9.17, 15) is 32.3 Å². The van der Waals surface area contributed by atoms with Crippen molar-refractivity contribution < 1.29 is 42.2 Å². The highest BCUT2D eigenvalue weighted by atomic mass is 79.9. The van der Waals surface area contributed by atoms with Gasteiger partial charge in [-0.15, -0.1) is 0 Å². The van der Waals surface area contributed by atoms with Gasteiger partial charge in [0.05, 0.1) is 22.1 Å². The van der Waals surface area contributed by atoms with E-state index in [0.717, 1.165) is 13.0 Å². The van der Waals surface area contributed by atoms with Gasteiger partial charge in [0.1, 0.15) is 5.75 Å². The molecule has 24 heavy (non-hydrogen) atoms. The van der Waals surface area contributed by atoms with Crippen LogP contribution in [0.25, 0.3) is 0 Å². The summed E-state index contributed by atoms with van der Waals surface area (Å²) in [6.45, 7) is 0.974. The number of Topliss-reactive ketones (excluding diaryl/α,β-unsaturated/α-hetero) is 1. The first kappa shape index (κ1) is 19.6. The lowest BCUT2D eigenvalue weighted by molar-refractivity contribution is -0.167. The number of hydrogen-bond acceptors (Lipinski definition) is 5. The highest BCUT2D eigenvalue weighted by molar-refractivity contribution is 9.09.